The van der Waals surface area contributed by atoms with Gasteiger partial charge in [-0.05, 0) is 30.9 Å². The lowest BCUT2D eigenvalue weighted by Gasteiger charge is -2.48. The quantitative estimate of drug-likeness (QED) is 0.857. The van der Waals surface area contributed by atoms with Crippen molar-refractivity contribution in [3.8, 4) is 0 Å². The standard InChI is InChI=1S/C16H24N2O/c17-11-13-5-1-2-7-15(13)18-10-9-16(19)8-4-3-6-14(16)12-18/h1-2,5,7,14,19H,3-4,6,8-12,17H2. The molecule has 2 aliphatic rings. The molecule has 1 aliphatic heterocycles. The fraction of sp³-hybridized carbons (Fsp3) is 0.625. The lowest BCUT2D eigenvalue weighted by Crippen LogP contribution is -2.53. The van der Waals surface area contributed by atoms with Crippen LogP contribution in [0.5, 0.6) is 0 Å². The van der Waals surface area contributed by atoms with Crippen LogP contribution in [0.2, 0.25) is 0 Å². The van der Waals surface area contributed by atoms with E-state index in [1.807, 2.05) is 6.07 Å². The van der Waals surface area contributed by atoms with Gasteiger partial charge in [0, 0.05) is 31.2 Å². The summed E-state index contributed by atoms with van der Waals surface area (Å²) in [5, 5.41) is 10.7. The predicted octanol–water partition coefficient (Wildman–Crippen LogP) is 2.28. The third kappa shape index (κ3) is 2.37. The molecule has 0 amide bonds. The van der Waals surface area contributed by atoms with Gasteiger partial charge in [-0.15, -0.1) is 0 Å². The summed E-state index contributed by atoms with van der Waals surface area (Å²) in [6.07, 6.45) is 5.50. The van der Waals surface area contributed by atoms with Crippen molar-refractivity contribution < 1.29 is 5.11 Å². The second-order valence-corrected chi connectivity index (χ2v) is 6.08. The summed E-state index contributed by atoms with van der Waals surface area (Å²) >= 11 is 0. The largest absolute Gasteiger partial charge is 0.389 e. The van der Waals surface area contributed by atoms with Crippen molar-refractivity contribution in [1.29, 1.82) is 0 Å². The number of benzene rings is 1. The van der Waals surface area contributed by atoms with Crippen LogP contribution in [0.25, 0.3) is 0 Å². The minimum absolute atomic E-state index is 0.396. The second-order valence-electron chi connectivity index (χ2n) is 6.08. The van der Waals surface area contributed by atoms with E-state index in [1.165, 1.54) is 24.1 Å². The average molecular weight is 260 g/mol. The number of para-hydroxylation sites is 1. The third-order valence-electron chi connectivity index (χ3n) is 4.98. The molecule has 0 bridgehead atoms. The van der Waals surface area contributed by atoms with Gasteiger partial charge in [-0.25, -0.2) is 0 Å². The first-order valence-electron chi connectivity index (χ1n) is 7.48. The fourth-order valence-electron chi connectivity index (χ4n) is 3.78. The first kappa shape index (κ1) is 12.9. The number of anilines is 1. The molecule has 1 saturated heterocycles. The van der Waals surface area contributed by atoms with Crippen molar-refractivity contribution in [3.05, 3.63) is 29.8 Å². The molecule has 2 fully saturated rings. The Morgan fingerprint density at radius 3 is 2.95 bits per heavy atom. The zero-order valence-electron chi connectivity index (χ0n) is 11.5. The van der Waals surface area contributed by atoms with Gasteiger partial charge in [-0.1, -0.05) is 31.0 Å². The molecular formula is C16H24N2O. The minimum Gasteiger partial charge on any atom is -0.389 e. The molecule has 3 heteroatoms. The second kappa shape index (κ2) is 5.14. The van der Waals surface area contributed by atoms with Crippen molar-refractivity contribution in [2.75, 3.05) is 18.0 Å². The molecule has 2 unspecified atom stereocenters. The fourth-order valence-corrected chi connectivity index (χ4v) is 3.78. The Morgan fingerprint density at radius 2 is 2.11 bits per heavy atom. The van der Waals surface area contributed by atoms with Crippen LogP contribution in [-0.4, -0.2) is 23.8 Å². The Morgan fingerprint density at radius 1 is 1.26 bits per heavy atom. The van der Waals surface area contributed by atoms with E-state index in [1.54, 1.807) is 0 Å². The lowest BCUT2D eigenvalue weighted by molar-refractivity contribution is -0.0612. The monoisotopic (exact) mass is 260 g/mol. The van der Waals surface area contributed by atoms with Gasteiger partial charge >= 0.3 is 0 Å². The van der Waals surface area contributed by atoms with Crippen LogP contribution >= 0.6 is 0 Å². The summed E-state index contributed by atoms with van der Waals surface area (Å²) in [7, 11) is 0. The smallest absolute Gasteiger partial charge is 0.0709 e. The summed E-state index contributed by atoms with van der Waals surface area (Å²) in [5.74, 6) is 0.431. The van der Waals surface area contributed by atoms with Crippen LogP contribution in [-0.2, 0) is 6.54 Å². The van der Waals surface area contributed by atoms with Crippen LogP contribution in [0.15, 0.2) is 24.3 Å². The highest BCUT2D eigenvalue weighted by Crippen LogP contribution is 2.41. The lowest BCUT2D eigenvalue weighted by atomic mass is 9.71. The highest BCUT2D eigenvalue weighted by molar-refractivity contribution is 5.54. The predicted molar refractivity (Wildman–Crippen MR) is 78.1 cm³/mol. The van der Waals surface area contributed by atoms with Crippen molar-refractivity contribution >= 4 is 5.69 Å². The molecule has 2 atom stereocenters. The molecule has 1 saturated carbocycles. The topological polar surface area (TPSA) is 49.5 Å². The Bertz CT molecular complexity index is 448. The van der Waals surface area contributed by atoms with Crippen molar-refractivity contribution in [1.82, 2.24) is 0 Å². The van der Waals surface area contributed by atoms with Gasteiger partial charge < -0.3 is 15.7 Å². The molecule has 104 valence electrons. The molecule has 1 aliphatic carbocycles. The van der Waals surface area contributed by atoms with E-state index in [0.717, 1.165) is 32.4 Å². The molecule has 1 aromatic rings. The molecule has 3 rings (SSSR count). The summed E-state index contributed by atoms with van der Waals surface area (Å²) in [6, 6.07) is 8.40. The van der Waals surface area contributed by atoms with Gasteiger partial charge in [0.05, 0.1) is 5.60 Å². The summed E-state index contributed by atoms with van der Waals surface area (Å²) < 4.78 is 0. The van der Waals surface area contributed by atoms with Gasteiger partial charge in [-0.2, -0.15) is 0 Å². The van der Waals surface area contributed by atoms with E-state index in [2.05, 4.69) is 23.1 Å². The Balaban J connectivity index is 1.81. The zero-order chi connectivity index (χ0) is 13.3. The first-order chi connectivity index (χ1) is 9.23. The molecule has 3 N–H and O–H groups in total. The SMILES string of the molecule is NCc1ccccc1N1CCC2(O)CCCCC2C1. The molecule has 0 radical (unpaired) electrons. The van der Waals surface area contributed by atoms with Crippen LogP contribution in [0.4, 0.5) is 5.69 Å². The third-order valence-corrected chi connectivity index (χ3v) is 4.98. The maximum atomic E-state index is 10.7. The summed E-state index contributed by atoms with van der Waals surface area (Å²) in [4.78, 5) is 2.42. The maximum absolute atomic E-state index is 10.7. The van der Waals surface area contributed by atoms with Gasteiger partial charge in [0.25, 0.3) is 0 Å². The van der Waals surface area contributed by atoms with Gasteiger partial charge in [0.2, 0.25) is 0 Å². The first-order valence-corrected chi connectivity index (χ1v) is 7.48. The van der Waals surface area contributed by atoms with Crippen LogP contribution in [0.1, 0.15) is 37.7 Å². The molecular weight excluding hydrogens is 236 g/mol. The molecule has 1 aromatic carbocycles. The van der Waals surface area contributed by atoms with Crippen molar-refractivity contribution in [3.63, 3.8) is 0 Å². The minimum atomic E-state index is -0.396. The molecule has 0 spiro atoms. The van der Waals surface area contributed by atoms with E-state index in [0.29, 0.717) is 12.5 Å². The number of nitrogens with two attached hydrogens (primary N) is 1. The Labute approximate surface area is 115 Å². The zero-order valence-corrected chi connectivity index (χ0v) is 11.5. The van der Waals surface area contributed by atoms with E-state index < -0.39 is 5.60 Å². The van der Waals surface area contributed by atoms with Crippen LogP contribution < -0.4 is 10.6 Å². The van der Waals surface area contributed by atoms with Gasteiger partial charge in [0.15, 0.2) is 0 Å². The Kier molecular flexibility index (Phi) is 3.50. The number of rotatable bonds is 2. The highest BCUT2D eigenvalue weighted by Gasteiger charge is 2.42. The number of hydrogen-bond donors (Lipinski definition) is 2. The number of fused-ring (bicyclic) bond motifs is 1. The van der Waals surface area contributed by atoms with E-state index >= 15 is 0 Å². The summed E-state index contributed by atoms with van der Waals surface area (Å²) in [5.41, 5.74) is 7.92. The average Bonchev–Trinajstić information content (AvgIpc) is 2.46. The molecule has 3 nitrogen and oxygen atoms in total. The summed E-state index contributed by atoms with van der Waals surface area (Å²) in [6.45, 7) is 2.51. The maximum Gasteiger partial charge on any atom is 0.0709 e. The number of aliphatic hydroxyl groups is 1. The van der Waals surface area contributed by atoms with Crippen LogP contribution in [0.3, 0.4) is 0 Å². The highest BCUT2D eigenvalue weighted by atomic mass is 16.3. The van der Waals surface area contributed by atoms with Gasteiger partial charge in [0.1, 0.15) is 0 Å². The van der Waals surface area contributed by atoms with Crippen molar-refractivity contribution in [2.45, 2.75) is 44.2 Å². The molecule has 1 heterocycles. The normalized spacial score (nSPS) is 31.1. The number of piperidine rings is 1. The van der Waals surface area contributed by atoms with Crippen molar-refractivity contribution in [2.24, 2.45) is 11.7 Å². The number of nitrogens with zero attached hydrogens (tertiary/aromatic N) is 1. The van der Waals surface area contributed by atoms with E-state index in [9.17, 15) is 5.11 Å². The molecule has 19 heavy (non-hydrogen) atoms. The Hall–Kier alpha value is -1.06. The van der Waals surface area contributed by atoms with Gasteiger partial charge in [-0.3, -0.25) is 0 Å². The van der Waals surface area contributed by atoms with E-state index in [-0.39, 0.29) is 0 Å². The molecule has 0 aromatic heterocycles. The number of hydrogen-bond acceptors (Lipinski definition) is 3. The van der Waals surface area contributed by atoms with E-state index in [4.69, 9.17) is 5.73 Å². The van der Waals surface area contributed by atoms with Crippen LogP contribution in [0, 0.1) is 5.92 Å².